The molecule has 1 heterocycles. The number of carbonyl (C=O) groups is 1. The average Bonchev–Trinajstić information content (AvgIpc) is 2.14. The molecule has 1 aromatic heterocycles. The fraction of sp³-hybridized carbons (Fsp3) is 0.333. The molecule has 0 radical (unpaired) electrons. The number of pyridine rings is 1. The number of aromatic hydroxyl groups is 1. The molecule has 76 valence electrons. The SMILES string of the molecule is CCC(=O)c1c(O)cc(C)n(O)c1=O. The van der Waals surface area contributed by atoms with E-state index in [0.29, 0.717) is 4.73 Å². The number of aromatic nitrogens is 1. The van der Waals surface area contributed by atoms with Gasteiger partial charge in [0.25, 0.3) is 5.56 Å². The molecule has 14 heavy (non-hydrogen) atoms. The molecule has 0 aliphatic carbocycles. The summed E-state index contributed by atoms with van der Waals surface area (Å²) in [5, 5.41) is 18.5. The highest BCUT2D eigenvalue weighted by molar-refractivity contribution is 5.97. The summed E-state index contributed by atoms with van der Waals surface area (Å²) in [6, 6.07) is 1.17. The minimum atomic E-state index is -0.880. The highest BCUT2D eigenvalue weighted by atomic mass is 16.5. The van der Waals surface area contributed by atoms with E-state index >= 15 is 0 Å². The first-order valence-corrected chi connectivity index (χ1v) is 4.17. The van der Waals surface area contributed by atoms with Gasteiger partial charge in [-0.1, -0.05) is 6.92 Å². The van der Waals surface area contributed by atoms with Gasteiger partial charge in [-0.15, -0.1) is 0 Å². The topological polar surface area (TPSA) is 79.5 Å². The lowest BCUT2D eigenvalue weighted by Crippen LogP contribution is -2.26. The molecule has 0 bridgehead atoms. The summed E-state index contributed by atoms with van der Waals surface area (Å²) in [4.78, 5) is 22.6. The number of rotatable bonds is 2. The van der Waals surface area contributed by atoms with Crippen LogP contribution in [0.4, 0.5) is 0 Å². The summed E-state index contributed by atoms with van der Waals surface area (Å²) < 4.78 is 0.350. The number of aryl methyl sites for hydroxylation is 1. The van der Waals surface area contributed by atoms with E-state index in [1.54, 1.807) is 6.92 Å². The number of Topliss-reactive ketones (excluding diaryl/α,β-unsaturated/α-hetero) is 1. The molecule has 0 atom stereocenters. The van der Waals surface area contributed by atoms with Crippen LogP contribution in [0, 0.1) is 6.92 Å². The van der Waals surface area contributed by atoms with Crippen LogP contribution in [0.15, 0.2) is 10.9 Å². The summed E-state index contributed by atoms with van der Waals surface area (Å²) >= 11 is 0. The van der Waals surface area contributed by atoms with E-state index in [0.717, 1.165) is 0 Å². The fourth-order valence-corrected chi connectivity index (χ4v) is 1.15. The number of hydrogen-bond acceptors (Lipinski definition) is 4. The smallest absolute Gasteiger partial charge is 0.297 e. The van der Waals surface area contributed by atoms with Crippen LogP contribution in [-0.2, 0) is 0 Å². The van der Waals surface area contributed by atoms with Gasteiger partial charge in [0.15, 0.2) is 5.78 Å². The van der Waals surface area contributed by atoms with Gasteiger partial charge in [0.2, 0.25) is 0 Å². The van der Waals surface area contributed by atoms with E-state index in [9.17, 15) is 19.9 Å². The zero-order chi connectivity index (χ0) is 10.9. The Labute approximate surface area is 80.2 Å². The molecule has 5 nitrogen and oxygen atoms in total. The molecule has 0 aromatic carbocycles. The standard InChI is InChI=1S/C9H11NO4/c1-3-6(11)8-7(12)4-5(2)10(14)9(8)13/h4,12,14H,3H2,1-2H3. The quantitative estimate of drug-likeness (QED) is 0.540. The number of nitrogens with zero attached hydrogens (tertiary/aromatic N) is 1. The van der Waals surface area contributed by atoms with Gasteiger partial charge in [0.05, 0.1) is 5.69 Å². The van der Waals surface area contributed by atoms with Crippen LogP contribution in [0.2, 0.25) is 0 Å². The minimum Gasteiger partial charge on any atom is -0.507 e. The molecule has 1 aromatic rings. The molecular weight excluding hydrogens is 186 g/mol. The first-order valence-electron chi connectivity index (χ1n) is 4.17. The number of ketones is 1. The van der Waals surface area contributed by atoms with E-state index < -0.39 is 11.3 Å². The lowest BCUT2D eigenvalue weighted by atomic mass is 10.1. The maximum atomic E-state index is 11.3. The number of carbonyl (C=O) groups excluding carboxylic acids is 1. The van der Waals surface area contributed by atoms with Crippen molar-refractivity contribution in [1.29, 1.82) is 0 Å². The van der Waals surface area contributed by atoms with Crippen molar-refractivity contribution in [3.63, 3.8) is 0 Å². The minimum absolute atomic E-state index is 0.103. The first-order chi connectivity index (χ1) is 6.49. The Morgan fingerprint density at radius 3 is 2.64 bits per heavy atom. The third kappa shape index (κ3) is 1.48. The highest BCUT2D eigenvalue weighted by Crippen LogP contribution is 2.15. The molecule has 0 saturated carbocycles. The average molecular weight is 197 g/mol. The first kappa shape index (κ1) is 10.3. The second-order valence-corrected chi connectivity index (χ2v) is 2.94. The molecular formula is C9H11NO4. The van der Waals surface area contributed by atoms with Gasteiger partial charge < -0.3 is 10.3 Å². The highest BCUT2D eigenvalue weighted by Gasteiger charge is 2.17. The Balaban J connectivity index is 3.52. The fourth-order valence-electron chi connectivity index (χ4n) is 1.15. The summed E-state index contributed by atoms with van der Waals surface area (Å²) in [6.45, 7) is 3.02. The van der Waals surface area contributed by atoms with Crippen molar-refractivity contribution < 1.29 is 15.1 Å². The van der Waals surface area contributed by atoms with Gasteiger partial charge in [-0.2, -0.15) is 4.73 Å². The Morgan fingerprint density at radius 2 is 2.14 bits per heavy atom. The molecule has 5 heteroatoms. The molecule has 0 spiro atoms. The molecule has 0 fully saturated rings. The van der Waals surface area contributed by atoms with Gasteiger partial charge in [0, 0.05) is 12.5 Å². The predicted octanol–water partition coefficient (Wildman–Crippen LogP) is 0.692. The Hall–Kier alpha value is -1.78. The van der Waals surface area contributed by atoms with Crippen molar-refractivity contribution in [1.82, 2.24) is 4.73 Å². The molecule has 2 N–H and O–H groups in total. The second-order valence-electron chi connectivity index (χ2n) is 2.94. The van der Waals surface area contributed by atoms with E-state index in [2.05, 4.69) is 0 Å². The molecule has 0 amide bonds. The van der Waals surface area contributed by atoms with Crippen molar-refractivity contribution in [3.05, 3.63) is 27.7 Å². The monoisotopic (exact) mass is 197 g/mol. The van der Waals surface area contributed by atoms with Crippen LogP contribution >= 0.6 is 0 Å². The van der Waals surface area contributed by atoms with Crippen molar-refractivity contribution in [2.75, 3.05) is 0 Å². The third-order valence-electron chi connectivity index (χ3n) is 1.94. The summed E-state index contributed by atoms with van der Waals surface area (Å²) in [5.41, 5.74) is -1.06. The molecule has 1 rings (SSSR count). The van der Waals surface area contributed by atoms with Crippen LogP contribution in [0.3, 0.4) is 0 Å². The summed E-state index contributed by atoms with van der Waals surface area (Å²) in [6.07, 6.45) is 0.103. The van der Waals surface area contributed by atoms with Crippen molar-refractivity contribution in [2.24, 2.45) is 0 Å². The van der Waals surface area contributed by atoms with Gasteiger partial charge in [0.1, 0.15) is 11.3 Å². The van der Waals surface area contributed by atoms with E-state index in [4.69, 9.17) is 0 Å². The Kier molecular flexibility index (Phi) is 2.60. The largest absolute Gasteiger partial charge is 0.507 e. The Morgan fingerprint density at radius 1 is 1.57 bits per heavy atom. The van der Waals surface area contributed by atoms with Crippen LogP contribution in [-0.4, -0.2) is 20.8 Å². The number of hydrogen-bond donors (Lipinski definition) is 2. The van der Waals surface area contributed by atoms with Crippen LogP contribution in [0.25, 0.3) is 0 Å². The van der Waals surface area contributed by atoms with E-state index in [-0.39, 0.29) is 23.4 Å². The van der Waals surface area contributed by atoms with Crippen LogP contribution in [0.5, 0.6) is 5.75 Å². The molecule has 0 unspecified atom stereocenters. The zero-order valence-electron chi connectivity index (χ0n) is 7.94. The predicted molar refractivity (Wildman–Crippen MR) is 48.9 cm³/mol. The lowest BCUT2D eigenvalue weighted by Gasteiger charge is -2.06. The van der Waals surface area contributed by atoms with Crippen LogP contribution < -0.4 is 5.56 Å². The third-order valence-corrected chi connectivity index (χ3v) is 1.94. The maximum absolute atomic E-state index is 11.3. The molecule has 0 aliphatic rings. The lowest BCUT2D eigenvalue weighted by molar-refractivity contribution is 0.0975. The van der Waals surface area contributed by atoms with E-state index in [1.807, 2.05) is 0 Å². The van der Waals surface area contributed by atoms with E-state index in [1.165, 1.54) is 13.0 Å². The normalized spacial score (nSPS) is 10.1. The van der Waals surface area contributed by atoms with Crippen molar-refractivity contribution in [3.8, 4) is 5.75 Å². The summed E-state index contributed by atoms with van der Waals surface area (Å²) in [7, 11) is 0. The summed E-state index contributed by atoms with van der Waals surface area (Å²) in [5.74, 6) is -0.875. The van der Waals surface area contributed by atoms with Crippen molar-refractivity contribution >= 4 is 5.78 Å². The van der Waals surface area contributed by atoms with Crippen LogP contribution in [0.1, 0.15) is 29.4 Å². The van der Waals surface area contributed by atoms with Gasteiger partial charge in [-0.3, -0.25) is 9.59 Å². The molecule has 0 aliphatic heterocycles. The van der Waals surface area contributed by atoms with Gasteiger partial charge in [-0.25, -0.2) is 0 Å². The molecule has 0 saturated heterocycles. The van der Waals surface area contributed by atoms with Gasteiger partial charge >= 0.3 is 0 Å². The second kappa shape index (κ2) is 3.53. The Bertz CT molecular complexity index is 433. The maximum Gasteiger partial charge on any atom is 0.297 e. The zero-order valence-corrected chi connectivity index (χ0v) is 7.94. The van der Waals surface area contributed by atoms with Gasteiger partial charge in [-0.05, 0) is 6.92 Å². The van der Waals surface area contributed by atoms with Crippen molar-refractivity contribution in [2.45, 2.75) is 20.3 Å².